The summed E-state index contributed by atoms with van der Waals surface area (Å²) in [7, 11) is 2.84. The molecular weight excluding hydrogens is 300 g/mol. The molecule has 1 aliphatic rings. The fraction of sp³-hybridized carbons (Fsp3) is 0.438. The summed E-state index contributed by atoms with van der Waals surface area (Å²) in [6.07, 6.45) is 2.13. The lowest BCUT2D eigenvalue weighted by Gasteiger charge is -2.26. The zero-order valence-corrected chi connectivity index (χ0v) is 13.5. The minimum Gasteiger partial charge on any atom is -0.496 e. The summed E-state index contributed by atoms with van der Waals surface area (Å²) in [6.45, 7) is 4.17. The fourth-order valence-corrected chi connectivity index (χ4v) is 2.57. The largest absolute Gasteiger partial charge is 0.496 e. The van der Waals surface area contributed by atoms with Gasteiger partial charge in [0.15, 0.2) is 5.78 Å². The van der Waals surface area contributed by atoms with Gasteiger partial charge >= 0.3 is 5.69 Å². The number of ether oxygens (including phenoxy) is 2. The van der Waals surface area contributed by atoms with Crippen molar-refractivity contribution in [3.8, 4) is 11.5 Å². The predicted molar refractivity (Wildman–Crippen MR) is 85.9 cm³/mol. The van der Waals surface area contributed by atoms with Gasteiger partial charge in [0.2, 0.25) is 5.75 Å². The topological polar surface area (TPSA) is 81.9 Å². The molecule has 2 rings (SSSR count). The number of Topliss-reactive ketones (excluding diaryl/α,β-unsaturated/α-hetero) is 1. The number of nitro benzene ring substituents is 1. The van der Waals surface area contributed by atoms with Gasteiger partial charge in [-0.1, -0.05) is 6.92 Å². The third kappa shape index (κ3) is 3.68. The maximum Gasteiger partial charge on any atom is 0.311 e. The molecule has 7 heteroatoms. The molecule has 0 saturated carbocycles. The first-order valence-electron chi connectivity index (χ1n) is 7.36. The number of methoxy groups -OCH3 is 2. The summed E-state index contributed by atoms with van der Waals surface area (Å²) < 4.78 is 10.3. The van der Waals surface area contributed by atoms with E-state index in [1.807, 2.05) is 6.92 Å². The van der Waals surface area contributed by atoms with Gasteiger partial charge in [-0.25, -0.2) is 0 Å². The number of hydrogen-bond donors (Lipinski definition) is 0. The van der Waals surface area contributed by atoms with Crippen LogP contribution in [-0.4, -0.2) is 49.5 Å². The quantitative estimate of drug-likeness (QED) is 0.470. The molecule has 0 aliphatic carbocycles. The third-order valence-electron chi connectivity index (χ3n) is 3.91. The number of hydrogen-bond acceptors (Lipinski definition) is 6. The Kier molecular flexibility index (Phi) is 5.33. The number of likely N-dealkylation sites (tertiary alicyclic amines) is 1. The van der Waals surface area contributed by atoms with Crippen molar-refractivity contribution in [2.45, 2.75) is 13.3 Å². The maximum atomic E-state index is 12.1. The van der Waals surface area contributed by atoms with E-state index >= 15 is 0 Å². The number of piperidine rings is 1. The molecule has 7 nitrogen and oxygen atoms in total. The normalized spacial score (nSPS) is 17.3. The number of benzene rings is 1. The molecule has 0 amide bonds. The number of ketones is 1. The third-order valence-corrected chi connectivity index (χ3v) is 3.91. The number of nitrogens with zero attached hydrogens (tertiary/aromatic N) is 2. The first-order valence-corrected chi connectivity index (χ1v) is 7.36. The molecule has 0 N–H and O–H groups in total. The Morgan fingerprint density at radius 2 is 2.00 bits per heavy atom. The highest BCUT2D eigenvalue weighted by atomic mass is 16.6. The van der Waals surface area contributed by atoms with E-state index in [0.29, 0.717) is 29.9 Å². The highest BCUT2D eigenvalue weighted by Gasteiger charge is 2.23. The summed E-state index contributed by atoms with van der Waals surface area (Å²) in [4.78, 5) is 24.9. The highest BCUT2D eigenvalue weighted by molar-refractivity contribution is 6.01. The smallest absolute Gasteiger partial charge is 0.311 e. The molecule has 23 heavy (non-hydrogen) atoms. The molecule has 1 heterocycles. The molecule has 0 bridgehead atoms. The van der Waals surface area contributed by atoms with Crippen molar-refractivity contribution < 1.29 is 19.2 Å². The first kappa shape index (κ1) is 17.0. The monoisotopic (exact) mass is 320 g/mol. The van der Waals surface area contributed by atoms with Crippen molar-refractivity contribution in [3.63, 3.8) is 0 Å². The van der Waals surface area contributed by atoms with E-state index in [1.165, 1.54) is 26.4 Å². The van der Waals surface area contributed by atoms with Gasteiger partial charge in [-0.2, -0.15) is 0 Å². The van der Waals surface area contributed by atoms with Crippen molar-refractivity contribution in [1.29, 1.82) is 0 Å². The molecule has 1 aromatic rings. The molecule has 0 radical (unpaired) electrons. The van der Waals surface area contributed by atoms with Gasteiger partial charge in [0, 0.05) is 42.8 Å². The minimum absolute atomic E-state index is 0.0650. The van der Waals surface area contributed by atoms with E-state index in [2.05, 4.69) is 4.90 Å². The summed E-state index contributed by atoms with van der Waals surface area (Å²) in [5, 5.41) is 11.2. The molecule has 124 valence electrons. The van der Waals surface area contributed by atoms with Crippen LogP contribution in [0.15, 0.2) is 17.7 Å². The minimum atomic E-state index is -0.513. The van der Waals surface area contributed by atoms with E-state index < -0.39 is 4.92 Å². The Morgan fingerprint density at radius 3 is 2.57 bits per heavy atom. The van der Waals surface area contributed by atoms with Crippen LogP contribution in [-0.2, 0) is 4.79 Å². The average molecular weight is 320 g/mol. The van der Waals surface area contributed by atoms with E-state index in [1.54, 1.807) is 6.08 Å². The van der Waals surface area contributed by atoms with Crippen LogP contribution < -0.4 is 9.47 Å². The molecule has 1 saturated heterocycles. The molecule has 1 fully saturated rings. The van der Waals surface area contributed by atoms with Crippen molar-refractivity contribution in [2.75, 3.05) is 33.9 Å². The number of rotatable bonds is 5. The molecule has 1 aliphatic heterocycles. The van der Waals surface area contributed by atoms with Crippen molar-refractivity contribution in [2.24, 2.45) is 0 Å². The summed E-state index contributed by atoms with van der Waals surface area (Å²) in [6, 6.07) is 2.85. The van der Waals surface area contributed by atoms with Crippen LogP contribution in [0.3, 0.4) is 0 Å². The highest BCUT2D eigenvalue weighted by Crippen LogP contribution is 2.35. The second kappa shape index (κ2) is 7.23. The standard InChI is InChI=1S/C16H20N2O5/c1-4-17-6-5-14(19)12(10-17)7-11-8-13(18(20)21)16(23-3)9-15(11)22-2/h7-9H,4-6,10H2,1-3H3/b12-7+. The lowest BCUT2D eigenvalue weighted by atomic mass is 9.99. The molecule has 0 atom stereocenters. The Balaban J connectivity index is 2.48. The Hall–Kier alpha value is -2.41. The summed E-state index contributed by atoms with van der Waals surface area (Å²) in [5.74, 6) is 0.621. The van der Waals surface area contributed by atoms with Gasteiger partial charge in [-0.05, 0) is 12.6 Å². The van der Waals surface area contributed by atoms with Gasteiger partial charge in [0.25, 0.3) is 0 Å². The molecular formula is C16H20N2O5. The van der Waals surface area contributed by atoms with Crippen LogP contribution >= 0.6 is 0 Å². The van der Waals surface area contributed by atoms with Crippen LogP contribution in [0.1, 0.15) is 18.9 Å². The van der Waals surface area contributed by atoms with Gasteiger partial charge < -0.3 is 9.47 Å². The Labute approximate surface area is 134 Å². The molecule has 0 unspecified atom stereocenters. The second-order valence-electron chi connectivity index (χ2n) is 5.23. The van der Waals surface area contributed by atoms with E-state index in [0.717, 1.165) is 13.1 Å². The first-order chi connectivity index (χ1) is 11.0. The maximum absolute atomic E-state index is 12.1. The Morgan fingerprint density at radius 1 is 1.30 bits per heavy atom. The van der Waals surface area contributed by atoms with Crippen LogP contribution in [0.4, 0.5) is 5.69 Å². The number of carbonyl (C=O) groups excluding carboxylic acids is 1. The second-order valence-corrected chi connectivity index (χ2v) is 5.23. The Bertz CT molecular complexity index is 654. The van der Waals surface area contributed by atoms with Crippen molar-refractivity contribution >= 4 is 17.5 Å². The lowest BCUT2D eigenvalue weighted by molar-refractivity contribution is -0.385. The number of nitro groups is 1. The van der Waals surface area contributed by atoms with E-state index in [9.17, 15) is 14.9 Å². The van der Waals surface area contributed by atoms with E-state index in [4.69, 9.17) is 9.47 Å². The zero-order valence-electron chi connectivity index (χ0n) is 13.5. The van der Waals surface area contributed by atoms with E-state index in [-0.39, 0.29) is 17.2 Å². The summed E-state index contributed by atoms with van der Waals surface area (Å²) >= 11 is 0. The van der Waals surface area contributed by atoms with Gasteiger partial charge in [0.1, 0.15) is 5.75 Å². The zero-order chi connectivity index (χ0) is 17.0. The van der Waals surface area contributed by atoms with Crippen LogP contribution in [0.2, 0.25) is 0 Å². The SMILES string of the molecule is CCN1CCC(=O)/C(=C/c2cc([N+](=O)[O-])c(OC)cc2OC)C1. The average Bonchev–Trinajstić information content (AvgIpc) is 2.56. The predicted octanol–water partition coefficient (Wildman–Crippen LogP) is 2.29. The lowest BCUT2D eigenvalue weighted by Crippen LogP contribution is -2.35. The number of likely N-dealkylation sites (N-methyl/N-ethyl adjacent to an activating group) is 1. The van der Waals surface area contributed by atoms with Crippen molar-refractivity contribution in [3.05, 3.63) is 33.4 Å². The van der Waals surface area contributed by atoms with Crippen LogP contribution in [0, 0.1) is 10.1 Å². The van der Waals surface area contributed by atoms with Gasteiger partial charge in [-0.3, -0.25) is 19.8 Å². The molecule has 1 aromatic carbocycles. The molecule has 0 aromatic heterocycles. The van der Waals surface area contributed by atoms with Crippen molar-refractivity contribution in [1.82, 2.24) is 4.90 Å². The summed E-state index contributed by atoms with van der Waals surface area (Å²) in [5.41, 5.74) is 0.980. The van der Waals surface area contributed by atoms with Gasteiger partial charge in [0.05, 0.1) is 19.1 Å². The van der Waals surface area contributed by atoms with Crippen LogP contribution in [0.25, 0.3) is 6.08 Å². The number of carbonyl (C=O) groups is 1. The van der Waals surface area contributed by atoms with Gasteiger partial charge in [-0.15, -0.1) is 0 Å². The fourth-order valence-electron chi connectivity index (χ4n) is 2.57. The van der Waals surface area contributed by atoms with Crippen LogP contribution in [0.5, 0.6) is 11.5 Å². The molecule has 0 spiro atoms.